The Morgan fingerprint density at radius 2 is 2.05 bits per heavy atom. The molecule has 0 aromatic heterocycles. The van der Waals surface area contributed by atoms with Gasteiger partial charge in [0.25, 0.3) is 0 Å². The summed E-state index contributed by atoms with van der Waals surface area (Å²) in [4.78, 5) is 22.7. The van der Waals surface area contributed by atoms with Crippen LogP contribution in [0, 0.1) is 5.41 Å². The Balaban J connectivity index is 2.37. The third-order valence-electron chi connectivity index (χ3n) is 3.51. The number of amides is 1. The minimum Gasteiger partial charge on any atom is -0.495 e. The van der Waals surface area contributed by atoms with Crippen LogP contribution in [-0.2, 0) is 16.0 Å². The Morgan fingerprint density at radius 3 is 2.59 bits per heavy atom. The van der Waals surface area contributed by atoms with Gasteiger partial charge in [-0.3, -0.25) is 9.59 Å². The molecule has 122 valence electrons. The first-order valence-electron chi connectivity index (χ1n) is 7.09. The molecule has 0 saturated heterocycles. The Bertz CT molecular complexity index is 543. The highest BCUT2D eigenvalue weighted by molar-refractivity contribution is 6.32. The highest BCUT2D eigenvalue weighted by atomic mass is 35.5. The number of methoxy groups -OCH3 is 1. The number of benzene rings is 1. The van der Waals surface area contributed by atoms with Gasteiger partial charge in [0, 0.05) is 13.0 Å². The number of carboxylic acids is 1. The summed E-state index contributed by atoms with van der Waals surface area (Å²) in [7, 11) is 1.55. The van der Waals surface area contributed by atoms with E-state index < -0.39 is 11.4 Å². The fourth-order valence-electron chi connectivity index (χ4n) is 1.83. The average Bonchev–Trinajstić information content (AvgIpc) is 2.45. The second-order valence-electron chi connectivity index (χ2n) is 5.76. The molecule has 1 aromatic carbocycles. The lowest BCUT2D eigenvalue weighted by atomic mass is 9.90. The van der Waals surface area contributed by atoms with E-state index in [0.717, 1.165) is 5.56 Å². The van der Waals surface area contributed by atoms with E-state index in [9.17, 15) is 9.59 Å². The first kappa shape index (κ1) is 18.3. The molecule has 1 rings (SSSR count). The van der Waals surface area contributed by atoms with Gasteiger partial charge in [0.2, 0.25) is 5.91 Å². The molecule has 0 spiro atoms. The molecular weight excluding hydrogens is 306 g/mol. The van der Waals surface area contributed by atoms with Crippen LogP contribution >= 0.6 is 11.6 Å². The van der Waals surface area contributed by atoms with Crippen molar-refractivity contribution in [1.29, 1.82) is 0 Å². The molecule has 0 atom stereocenters. The largest absolute Gasteiger partial charge is 0.495 e. The zero-order chi connectivity index (χ0) is 16.8. The molecule has 0 heterocycles. The number of carboxylic acid groups (broad SMARTS) is 1. The number of nitrogens with one attached hydrogen (secondary N) is 1. The van der Waals surface area contributed by atoms with Gasteiger partial charge >= 0.3 is 5.97 Å². The first-order valence-corrected chi connectivity index (χ1v) is 7.46. The molecule has 6 heteroatoms. The number of aliphatic carboxylic acids is 1. The quantitative estimate of drug-likeness (QED) is 0.769. The Hall–Kier alpha value is -1.75. The van der Waals surface area contributed by atoms with Crippen molar-refractivity contribution >= 4 is 23.5 Å². The van der Waals surface area contributed by atoms with Gasteiger partial charge in [-0.1, -0.05) is 17.7 Å². The third kappa shape index (κ3) is 5.56. The number of aryl methyl sites for hydroxylation is 1. The summed E-state index contributed by atoms with van der Waals surface area (Å²) in [6, 6.07) is 5.41. The molecule has 0 aliphatic carbocycles. The van der Waals surface area contributed by atoms with Crippen LogP contribution in [0.25, 0.3) is 0 Å². The molecule has 0 aliphatic rings. The zero-order valence-electron chi connectivity index (χ0n) is 13.1. The van der Waals surface area contributed by atoms with E-state index in [2.05, 4.69) is 5.32 Å². The number of rotatable bonds is 8. The molecule has 2 N–H and O–H groups in total. The molecule has 0 unspecified atom stereocenters. The second kappa shape index (κ2) is 8.03. The van der Waals surface area contributed by atoms with Crippen LogP contribution < -0.4 is 10.1 Å². The smallest absolute Gasteiger partial charge is 0.309 e. The molecule has 1 amide bonds. The number of halogens is 1. The maximum Gasteiger partial charge on any atom is 0.309 e. The van der Waals surface area contributed by atoms with Gasteiger partial charge in [0.15, 0.2) is 0 Å². The minimum absolute atomic E-state index is 0.104. The van der Waals surface area contributed by atoms with E-state index in [1.165, 1.54) is 0 Å². The molecule has 22 heavy (non-hydrogen) atoms. The summed E-state index contributed by atoms with van der Waals surface area (Å²) in [5, 5.41) is 12.3. The highest BCUT2D eigenvalue weighted by Gasteiger charge is 2.26. The lowest BCUT2D eigenvalue weighted by molar-refractivity contribution is -0.147. The number of carbonyl (C=O) groups excluding carboxylic acids is 1. The highest BCUT2D eigenvalue weighted by Crippen LogP contribution is 2.25. The van der Waals surface area contributed by atoms with Crippen LogP contribution in [0.5, 0.6) is 5.75 Å². The molecule has 1 aromatic rings. The van der Waals surface area contributed by atoms with Crippen molar-refractivity contribution in [1.82, 2.24) is 5.32 Å². The van der Waals surface area contributed by atoms with E-state index in [-0.39, 0.29) is 5.91 Å². The van der Waals surface area contributed by atoms with Gasteiger partial charge in [0.1, 0.15) is 5.75 Å². The van der Waals surface area contributed by atoms with E-state index in [0.29, 0.717) is 36.6 Å². The monoisotopic (exact) mass is 327 g/mol. The average molecular weight is 328 g/mol. The second-order valence-corrected chi connectivity index (χ2v) is 6.17. The van der Waals surface area contributed by atoms with Crippen LogP contribution in [0.15, 0.2) is 18.2 Å². The standard InChI is InChI=1S/C16H22ClNO4/c1-16(2,15(20)21)8-9-18-14(19)7-5-11-4-6-13(22-3)12(17)10-11/h4,6,10H,5,7-9H2,1-3H3,(H,18,19)(H,20,21). The molecule has 0 bridgehead atoms. The molecule has 0 radical (unpaired) electrons. The van der Waals surface area contributed by atoms with E-state index in [1.54, 1.807) is 33.1 Å². The summed E-state index contributed by atoms with van der Waals surface area (Å²) in [6.07, 6.45) is 1.29. The van der Waals surface area contributed by atoms with Crippen LogP contribution in [0.1, 0.15) is 32.3 Å². The topological polar surface area (TPSA) is 75.6 Å². The number of carbonyl (C=O) groups is 2. The molecule has 0 aliphatic heterocycles. The van der Waals surface area contributed by atoms with Crippen molar-refractivity contribution in [3.8, 4) is 5.75 Å². The number of ether oxygens (including phenoxy) is 1. The van der Waals surface area contributed by atoms with Crippen molar-refractivity contribution < 1.29 is 19.4 Å². The number of hydrogen-bond acceptors (Lipinski definition) is 3. The third-order valence-corrected chi connectivity index (χ3v) is 3.80. The molecule has 0 fully saturated rings. The van der Waals surface area contributed by atoms with Gasteiger partial charge in [0.05, 0.1) is 17.5 Å². The van der Waals surface area contributed by atoms with Crippen LogP contribution in [-0.4, -0.2) is 30.6 Å². The van der Waals surface area contributed by atoms with Gasteiger partial charge in [-0.15, -0.1) is 0 Å². The van der Waals surface area contributed by atoms with Crippen molar-refractivity contribution in [3.63, 3.8) is 0 Å². The van der Waals surface area contributed by atoms with Crippen LogP contribution in [0.2, 0.25) is 5.02 Å². The fraction of sp³-hybridized carbons (Fsp3) is 0.500. The predicted molar refractivity (Wildman–Crippen MR) is 85.4 cm³/mol. The van der Waals surface area contributed by atoms with Crippen molar-refractivity contribution in [2.45, 2.75) is 33.1 Å². The van der Waals surface area contributed by atoms with Gasteiger partial charge in [-0.05, 0) is 44.4 Å². The van der Waals surface area contributed by atoms with E-state index >= 15 is 0 Å². The summed E-state index contributed by atoms with van der Waals surface area (Å²) in [5.74, 6) is -0.367. The maximum absolute atomic E-state index is 11.8. The lowest BCUT2D eigenvalue weighted by Crippen LogP contribution is -2.32. The van der Waals surface area contributed by atoms with Crippen LogP contribution in [0.3, 0.4) is 0 Å². The summed E-state index contributed by atoms with van der Waals surface area (Å²) in [5.41, 5.74) is 0.114. The molecule has 0 saturated carbocycles. The normalized spacial score (nSPS) is 11.1. The SMILES string of the molecule is COc1ccc(CCC(=O)NCCC(C)(C)C(=O)O)cc1Cl. The fourth-order valence-corrected chi connectivity index (χ4v) is 2.11. The van der Waals surface area contributed by atoms with E-state index in [4.69, 9.17) is 21.4 Å². The van der Waals surface area contributed by atoms with E-state index in [1.807, 2.05) is 6.07 Å². The molecular formula is C16H22ClNO4. The Kier molecular flexibility index (Phi) is 6.68. The van der Waals surface area contributed by atoms with Crippen molar-refractivity contribution in [2.24, 2.45) is 5.41 Å². The Morgan fingerprint density at radius 1 is 1.36 bits per heavy atom. The van der Waals surface area contributed by atoms with Gasteiger partial charge < -0.3 is 15.2 Å². The summed E-state index contributed by atoms with van der Waals surface area (Å²) < 4.78 is 5.07. The summed E-state index contributed by atoms with van der Waals surface area (Å²) >= 11 is 6.03. The minimum atomic E-state index is -0.866. The Labute approximate surface area is 135 Å². The van der Waals surface area contributed by atoms with Gasteiger partial charge in [-0.2, -0.15) is 0 Å². The van der Waals surface area contributed by atoms with Crippen LogP contribution in [0.4, 0.5) is 0 Å². The lowest BCUT2D eigenvalue weighted by Gasteiger charge is -2.18. The number of hydrogen-bond donors (Lipinski definition) is 2. The predicted octanol–water partition coefficient (Wildman–Crippen LogP) is 2.90. The zero-order valence-corrected chi connectivity index (χ0v) is 13.9. The van der Waals surface area contributed by atoms with Gasteiger partial charge in [-0.25, -0.2) is 0 Å². The maximum atomic E-state index is 11.8. The van der Waals surface area contributed by atoms with Crippen molar-refractivity contribution in [3.05, 3.63) is 28.8 Å². The van der Waals surface area contributed by atoms with Crippen molar-refractivity contribution in [2.75, 3.05) is 13.7 Å². The molecule has 5 nitrogen and oxygen atoms in total. The first-order chi connectivity index (χ1) is 10.3. The summed E-state index contributed by atoms with van der Waals surface area (Å²) in [6.45, 7) is 3.63.